The van der Waals surface area contributed by atoms with Gasteiger partial charge in [-0.1, -0.05) is 31.3 Å². The number of unbranched alkanes of at least 4 members (excludes halogenated alkanes) is 1. The van der Waals surface area contributed by atoms with E-state index in [0.29, 0.717) is 19.2 Å². The summed E-state index contributed by atoms with van der Waals surface area (Å²) in [7, 11) is 0. The van der Waals surface area contributed by atoms with Gasteiger partial charge >= 0.3 is 0 Å². The van der Waals surface area contributed by atoms with Crippen molar-refractivity contribution in [3.8, 4) is 11.8 Å². The van der Waals surface area contributed by atoms with Crippen molar-refractivity contribution >= 4 is 0 Å². The van der Waals surface area contributed by atoms with Crippen LogP contribution in [0.5, 0.6) is 0 Å². The van der Waals surface area contributed by atoms with E-state index in [9.17, 15) is 0 Å². The number of rotatable bonds is 6. The molecular weight excluding hydrogens is 188 g/mol. The lowest BCUT2D eigenvalue weighted by Gasteiger charge is -2.06. The van der Waals surface area contributed by atoms with Gasteiger partial charge in [-0.25, -0.2) is 0 Å². The average Bonchev–Trinajstić information content (AvgIpc) is 2.24. The predicted octanol–water partition coefficient (Wildman–Crippen LogP) is 3.26. The van der Waals surface area contributed by atoms with Gasteiger partial charge in [0.1, 0.15) is 0 Å². The molecule has 0 radical (unpaired) electrons. The van der Waals surface area contributed by atoms with Crippen molar-refractivity contribution in [3.05, 3.63) is 24.2 Å². The summed E-state index contributed by atoms with van der Waals surface area (Å²) in [6.45, 7) is 7.17. The van der Waals surface area contributed by atoms with Crippen LogP contribution in [0.15, 0.2) is 24.2 Å². The molecular formula is C13H20O2. The number of hydrogen-bond acceptors (Lipinski definition) is 2. The molecule has 0 aromatic carbocycles. The number of allylic oxidation sites excluding steroid dienone is 3. The first-order chi connectivity index (χ1) is 7.35. The Hall–Kier alpha value is -1.36. The molecule has 0 amide bonds. The van der Waals surface area contributed by atoms with Gasteiger partial charge in [-0.15, -0.1) is 0 Å². The van der Waals surface area contributed by atoms with Crippen LogP contribution in [0.25, 0.3) is 0 Å². The quantitative estimate of drug-likeness (QED) is 0.492. The van der Waals surface area contributed by atoms with Gasteiger partial charge in [-0.2, -0.15) is 0 Å². The smallest absolute Gasteiger partial charge is 0.287 e. The van der Waals surface area contributed by atoms with Gasteiger partial charge in [-0.05, 0) is 26.3 Å². The zero-order chi connectivity index (χ0) is 11.4. The van der Waals surface area contributed by atoms with Crippen LogP contribution in [0.2, 0.25) is 0 Å². The Bertz CT molecular complexity index is 245. The number of ether oxygens (including phenoxy) is 2. The Morgan fingerprint density at radius 1 is 1.07 bits per heavy atom. The van der Waals surface area contributed by atoms with Crippen LogP contribution in [0.3, 0.4) is 0 Å². The first-order valence-electron chi connectivity index (χ1n) is 5.46. The second kappa shape index (κ2) is 10.7. The summed E-state index contributed by atoms with van der Waals surface area (Å²) in [6.07, 6.45) is 7.79. The highest BCUT2D eigenvalue weighted by Crippen LogP contribution is 1.98. The monoisotopic (exact) mass is 208 g/mol. The zero-order valence-corrected chi connectivity index (χ0v) is 9.88. The van der Waals surface area contributed by atoms with E-state index in [1.165, 1.54) is 0 Å². The fourth-order valence-electron chi connectivity index (χ4n) is 0.867. The van der Waals surface area contributed by atoms with Crippen molar-refractivity contribution in [2.45, 2.75) is 33.6 Å². The molecule has 0 spiro atoms. The fraction of sp³-hybridized carbons (Fsp3) is 0.538. The van der Waals surface area contributed by atoms with Crippen LogP contribution in [0.4, 0.5) is 0 Å². The Morgan fingerprint density at radius 3 is 2.27 bits per heavy atom. The molecule has 0 saturated carbocycles. The van der Waals surface area contributed by atoms with Crippen LogP contribution >= 0.6 is 0 Å². The van der Waals surface area contributed by atoms with Crippen molar-refractivity contribution < 1.29 is 9.47 Å². The minimum absolute atomic E-state index is 0.497. The van der Waals surface area contributed by atoms with Crippen molar-refractivity contribution in [3.63, 3.8) is 0 Å². The first kappa shape index (κ1) is 13.6. The van der Waals surface area contributed by atoms with E-state index in [1.54, 1.807) is 6.08 Å². The van der Waals surface area contributed by atoms with Gasteiger partial charge in [0.25, 0.3) is 5.95 Å². The molecule has 0 unspecified atom stereocenters. The van der Waals surface area contributed by atoms with Crippen LogP contribution in [0.1, 0.15) is 33.6 Å². The third kappa shape index (κ3) is 8.96. The second-order valence-corrected chi connectivity index (χ2v) is 2.81. The van der Waals surface area contributed by atoms with E-state index in [4.69, 9.17) is 9.47 Å². The Balaban J connectivity index is 4.05. The summed E-state index contributed by atoms with van der Waals surface area (Å²) in [5.74, 6) is 6.26. The van der Waals surface area contributed by atoms with Crippen molar-refractivity contribution in [1.82, 2.24) is 0 Å². The maximum absolute atomic E-state index is 5.22. The van der Waals surface area contributed by atoms with Gasteiger partial charge in [0, 0.05) is 0 Å². The summed E-state index contributed by atoms with van der Waals surface area (Å²) in [6, 6.07) is 0. The molecule has 0 atom stereocenters. The Morgan fingerprint density at radius 2 is 1.73 bits per heavy atom. The second-order valence-electron chi connectivity index (χ2n) is 2.81. The Kier molecular flexibility index (Phi) is 9.75. The normalized spacial score (nSPS) is 9.27. The third-order valence-electron chi connectivity index (χ3n) is 1.50. The van der Waals surface area contributed by atoms with E-state index >= 15 is 0 Å². The van der Waals surface area contributed by atoms with Crippen molar-refractivity contribution in [1.29, 1.82) is 0 Å². The molecule has 0 aliphatic rings. The standard InChI is InChI=1S/C13H20O2/c1-4-7-8-9-10-11-12-13(14-5-2)15-6-3/h8-9,12H,4-7H2,1-3H3/b9-8-. The largest absolute Gasteiger partial charge is 0.465 e. The SMILES string of the molecule is CCC/C=C\C#CC=C(OCC)OCC. The van der Waals surface area contributed by atoms with E-state index in [-0.39, 0.29) is 0 Å². The molecule has 0 aliphatic carbocycles. The molecule has 0 bridgehead atoms. The van der Waals surface area contributed by atoms with Crippen molar-refractivity contribution in [2.24, 2.45) is 0 Å². The summed E-state index contributed by atoms with van der Waals surface area (Å²) in [5.41, 5.74) is 0. The highest BCUT2D eigenvalue weighted by molar-refractivity contribution is 5.23. The first-order valence-corrected chi connectivity index (χ1v) is 5.46. The minimum Gasteiger partial charge on any atom is -0.465 e. The predicted molar refractivity (Wildman–Crippen MR) is 63.2 cm³/mol. The summed E-state index contributed by atoms with van der Waals surface area (Å²) < 4.78 is 10.4. The minimum atomic E-state index is 0.497. The van der Waals surface area contributed by atoms with Crippen LogP contribution in [0, 0.1) is 11.8 Å². The summed E-state index contributed by atoms with van der Waals surface area (Å²) in [5, 5.41) is 0. The molecule has 0 saturated heterocycles. The van der Waals surface area contributed by atoms with Crippen molar-refractivity contribution in [2.75, 3.05) is 13.2 Å². The van der Waals surface area contributed by atoms with Gasteiger partial charge < -0.3 is 9.47 Å². The molecule has 0 aromatic rings. The molecule has 0 fully saturated rings. The van der Waals surface area contributed by atoms with Crippen LogP contribution in [-0.2, 0) is 9.47 Å². The maximum atomic E-state index is 5.22. The molecule has 2 nitrogen and oxygen atoms in total. The topological polar surface area (TPSA) is 18.5 Å². The molecule has 2 heteroatoms. The van der Waals surface area contributed by atoms with Gasteiger partial charge in [-0.3, -0.25) is 0 Å². The highest BCUT2D eigenvalue weighted by atomic mass is 16.7. The highest BCUT2D eigenvalue weighted by Gasteiger charge is 1.92. The summed E-state index contributed by atoms with van der Waals surface area (Å²) in [4.78, 5) is 0. The molecule has 0 heterocycles. The van der Waals surface area contributed by atoms with Gasteiger partial charge in [0.15, 0.2) is 0 Å². The Labute approximate surface area is 93.0 Å². The average molecular weight is 208 g/mol. The summed E-state index contributed by atoms with van der Waals surface area (Å²) >= 11 is 0. The van der Waals surface area contributed by atoms with E-state index < -0.39 is 0 Å². The molecule has 0 aliphatic heterocycles. The van der Waals surface area contributed by atoms with Crippen LogP contribution < -0.4 is 0 Å². The molecule has 0 rings (SSSR count). The number of hydrogen-bond donors (Lipinski definition) is 0. The zero-order valence-electron chi connectivity index (χ0n) is 9.88. The molecule has 0 N–H and O–H groups in total. The third-order valence-corrected chi connectivity index (χ3v) is 1.50. The lowest BCUT2D eigenvalue weighted by Crippen LogP contribution is -1.96. The molecule has 0 aromatic heterocycles. The van der Waals surface area contributed by atoms with E-state index in [0.717, 1.165) is 12.8 Å². The molecule has 15 heavy (non-hydrogen) atoms. The van der Waals surface area contributed by atoms with Crippen LogP contribution in [-0.4, -0.2) is 13.2 Å². The van der Waals surface area contributed by atoms with Gasteiger partial charge in [0.05, 0.1) is 19.3 Å². The van der Waals surface area contributed by atoms with E-state index in [1.807, 2.05) is 19.9 Å². The maximum Gasteiger partial charge on any atom is 0.287 e. The van der Waals surface area contributed by atoms with E-state index in [2.05, 4.69) is 24.8 Å². The fourth-order valence-corrected chi connectivity index (χ4v) is 0.867. The lowest BCUT2D eigenvalue weighted by atomic mass is 10.3. The molecule has 84 valence electrons. The lowest BCUT2D eigenvalue weighted by molar-refractivity contribution is 0.0471. The van der Waals surface area contributed by atoms with Gasteiger partial charge in [0.2, 0.25) is 0 Å².